The van der Waals surface area contributed by atoms with Gasteiger partial charge < -0.3 is 14.5 Å². The van der Waals surface area contributed by atoms with Crippen LogP contribution in [0.2, 0.25) is 0 Å². The maximum absolute atomic E-state index is 13.1. The van der Waals surface area contributed by atoms with Crippen LogP contribution in [0.4, 0.5) is 4.39 Å². The van der Waals surface area contributed by atoms with E-state index in [9.17, 15) is 4.39 Å². The molecule has 0 spiro atoms. The Labute approximate surface area is 101 Å². The molecule has 0 aliphatic carbocycles. The standard InChI is InChI=1S/C12H16BFO3/c14-10-4-5-11(13-15)9(7-10)8-17-12-3-1-2-6-16-12/h4-5,7,12-13,15H,1-3,6,8H2. The average Bonchev–Trinajstić information content (AvgIpc) is 2.38. The van der Waals surface area contributed by atoms with Crippen LogP contribution in [0, 0.1) is 5.82 Å². The van der Waals surface area contributed by atoms with Gasteiger partial charge in [0.15, 0.2) is 6.29 Å². The molecule has 0 radical (unpaired) electrons. The summed E-state index contributed by atoms with van der Waals surface area (Å²) in [6, 6.07) is 4.32. The second-order valence-electron chi connectivity index (χ2n) is 4.18. The fraction of sp³-hybridized carbons (Fsp3) is 0.500. The van der Waals surface area contributed by atoms with E-state index in [1.165, 1.54) is 12.1 Å². The first-order valence-corrected chi connectivity index (χ1v) is 5.91. The number of benzene rings is 1. The van der Waals surface area contributed by atoms with Gasteiger partial charge in [-0.2, -0.15) is 0 Å². The van der Waals surface area contributed by atoms with Gasteiger partial charge in [0.1, 0.15) is 5.82 Å². The predicted molar refractivity (Wildman–Crippen MR) is 63.8 cm³/mol. The summed E-state index contributed by atoms with van der Waals surface area (Å²) in [5, 5.41) is 9.14. The Morgan fingerprint density at radius 3 is 3.06 bits per heavy atom. The lowest BCUT2D eigenvalue weighted by Crippen LogP contribution is -2.25. The van der Waals surface area contributed by atoms with Crippen LogP contribution < -0.4 is 5.46 Å². The maximum Gasteiger partial charge on any atom is 0.305 e. The molecule has 1 unspecified atom stereocenters. The van der Waals surface area contributed by atoms with Crippen LogP contribution in [0.1, 0.15) is 24.8 Å². The third-order valence-electron chi connectivity index (χ3n) is 2.90. The van der Waals surface area contributed by atoms with Gasteiger partial charge in [0.2, 0.25) is 0 Å². The summed E-state index contributed by atoms with van der Waals surface area (Å²) in [7, 11) is -0.107. The fourth-order valence-corrected chi connectivity index (χ4v) is 1.91. The van der Waals surface area contributed by atoms with Crippen LogP contribution in [-0.2, 0) is 16.1 Å². The molecule has 1 heterocycles. The van der Waals surface area contributed by atoms with E-state index in [0.29, 0.717) is 11.0 Å². The molecule has 2 rings (SSSR count). The van der Waals surface area contributed by atoms with Gasteiger partial charge in [-0.05, 0) is 42.4 Å². The van der Waals surface area contributed by atoms with E-state index < -0.39 is 0 Å². The Balaban J connectivity index is 1.95. The molecule has 0 aromatic heterocycles. The average molecular weight is 238 g/mol. The van der Waals surface area contributed by atoms with Crippen LogP contribution >= 0.6 is 0 Å². The highest BCUT2D eigenvalue weighted by molar-refractivity contribution is 6.46. The predicted octanol–water partition coefficient (Wildman–Crippen LogP) is 0.838. The topological polar surface area (TPSA) is 38.7 Å². The maximum atomic E-state index is 13.1. The summed E-state index contributed by atoms with van der Waals surface area (Å²) in [6.07, 6.45) is 2.85. The van der Waals surface area contributed by atoms with E-state index in [4.69, 9.17) is 14.5 Å². The van der Waals surface area contributed by atoms with Crippen molar-refractivity contribution in [3.8, 4) is 0 Å². The molecule has 0 saturated carbocycles. The molecule has 1 aromatic carbocycles. The minimum Gasteiger partial charge on any atom is -0.449 e. The molecule has 1 aliphatic heterocycles. The van der Waals surface area contributed by atoms with Gasteiger partial charge in [-0.1, -0.05) is 6.07 Å². The highest BCUT2D eigenvalue weighted by Crippen LogP contribution is 2.15. The van der Waals surface area contributed by atoms with Gasteiger partial charge in [0.25, 0.3) is 0 Å². The van der Waals surface area contributed by atoms with Crippen LogP contribution in [0.5, 0.6) is 0 Å². The van der Waals surface area contributed by atoms with Crippen LogP contribution in [-0.4, -0.2) is 25.4 Å². The Kier molecular flexibility index (Phi) is 4.53. The van der Waals surface area contributed by atoms with Gasteiger partial charge >= 0.3 is 7.48 Å². The van der Waals surface area contributed by atoms with E-state index >= 15 is 0 Å². The molecular formula is C12H16BFO3. The minimum absolute atomic E-state index is 0.107. The summed E-state index contributed by atoms with van der Waals surface area (Å²) >= 11 is 0. The largest absolute Gasteiger partial charge is 0.449 e. The Bertz CT molecular complexity index is 367. The minimum atomic E-state index is -0.314. The molecule has 0 amide bonds. The third kappa shape index (κ3) is 3.53. The van der Waals surface area contributed by atoms with Crippen LogP contribution in [0.15, 0.2) is 18.2 Å². The molecular weight excluding hydrogens is 222 g/mol. The SMILES string of the molecule is OBc1ccc(F)cc1COC1CCCCO1. The first-order valence-electron chi connectivity index (χ1n) is 5.91. The highest BCUT2D eigenvalue weighted by atomic mass is 19.1. The van der Waals surface area contributed by atoms with E-state index in [1.54, 1.807) is 6.07 Å². The van der Waals surface area contributed by atoms with Crippen molar-refractivity contribution in [3.63, 3.8) is 0 Å². The Morgan fingerprint density at radius 1 is 1.47 bits per heavy atom. The summed E-state index contributed by atoms with van der Waals surface area (Å²) < 4.78 is 24.1. The second-order valence-corrected chi connectivity index (χ2v) is 4.18. The number of halogens is 1. The van der Waals surface area contributed by atoms with Crippen molar-refractivity contribution in [1.29, 1.82) is 0 Å². The lowest BCUT2D eigenvalue weighted by atomic mass is 9.84. The summed E-state index contributed by atoms with van der Waals surface area (Å²) in [5.74, 6) is -0.314. The smallest absolute Gasteiger partial charge is 0.305 e. The lowest BCUT2D eigenvalue weighted by molar-refractivity contribution is -0.168. The quantitative estimate of drug-likeness (QED) is 0.790. The van der Waals surface area contributed by atoms with Gasteiger partial charge in [-0.3, -0.25) is 0 Å². The summed E-state index contributed by atoms with van der Waals surface area (Å²) in [5.41, 5.74) is 1.38. The van der Waals surface area contributed by atoms with Gasteiger partial charge in [-0.25, -0.2) is 4.39 Å². The normalized spacial score (nSPS) is 20.2. The molecule has 17 heavy (non-hydrogen) atoms. The highest BCUT2D eigenvalue weighted by Gasteiger charge is 2.15. The zero-order chi connectivity index (χ0) is 12.1. The summed E-state index contributed by atoms with van der Waals surface area (Å²) in [6.45, 7) is 0.999. The van der Waals surface area contributed by atoms with Crippen molar-refractivity contribution in [2.24, 2.45) is 0 Å². The third-order valence-corrected chi connectivity index (χ3v) is 2.90. The van der Waals surface area contributed by atoms with Crippen molar-refractivity contribution in [3.05, 3.63) is 29.6 Å². The molecule has 3 nitrogen and oxygen atoms in total. The molecule has 0 bridgehead atoms. The molecule has 5 heteroatoms. The van der Waals surface area contributed by atoms with Gasteiger partial charge in [0, 0.05) is 6.61 Å². The van der Waals surface area contributed by atoms with E-state index in [2.05, 4.69) is 0 Å². The molecule has 1 saturated heterocycles. The molecule has 92 valence electrons. The van der Waals surface area contributed by atoms with Crippen molar-refractivity contribution in [2.75, 3.05) is 6.61 Å². The monoisotopic (exact) mass is 238 g/mol. The van der Waals surface area contributed by atoms with Crippen molar-refractivity contribution >= 4 is 12.9 Å². The lowest BCUT2D eigenvalue weighted by Gasteiger charge is -2.23. The van der Waals surface area contributed by atoms with E-state index in [0.717, 1.165) is 25.9 Å². The summed E-state index contributed by atoms with van der Waals surface area (Å²) in [4.78, 5) is 0. The molecule has 1 aromatic rings. The Morgan fingerprint density at radius 2 is 2.35 bits per heavy atom. The number of rotatable bonds is 4. The van der Waals surface area contributed by atoms with Crippen molar-refractivity contribution < 1.29 is 18.9 Å². The molecule has 1 aliphatic rings. The molecule has 1 atom stereocenters. The van der Waals surface area contributed by atoms with Gasteiger partial charge in [0.05, 0.1) is 6.61 Å². The first kappa shape index (κ1) is 12.5. The fourth-order valence-electron chi connectivity index (χ4n) is 1.91. The zero-order valence-corrected chi connectivity index (χ0v) is 9.69. The Hall–Kier alpha value is -0.905. The van der Waals surface area contributed by atoms with Gasteiger partial charge in [-0.15, -0.1) is 0 Å². The number of hydrogen-bond acceptors (Lipinski definition) is 3. The zero-order valence-electron chi connectivity index (χ0n) is 9.69. The van der Waals surface area contributed by atoms with E-state index in [-0.39, 0.29) is 26.2 Å². The van der Waals surface area contributed by atoms with Crippen LogP contribution in [0.25, 0.3) is 0 Å². The van der Waals surface area contributed by atoms with Crippen molar-refractivity contribution in [2.45, 2.75) is 32.2 Å². The first-order chi connectivity index (χ1) is 8.29. The van der Waals surface area contributed by atoms with Crippen LogP contribution in [0.3, 0.4) is 0 Å². The second kappa shape index (κ2) is 6.14. The number of ether oxygens (including phenoxy) is 2. The molecule has 1 N–H and O–H groups in total. The molecule has 1 fully saturated rings. The van der Waals surface area contributed by atoms with E-state index in [1.807, 2.05) is 0 Å². The van der Waals surface area contributed by atoms with Crippen molar-refractivity contribution in [1.82, 2.24) is 0 Å². The number of hydrogen-bond donors (Lipinski definition) is 1.